The van der Waals surface area contributed by atoms with Crippen LogP contribution in [0.2, 0.25) is 0 Å². The second kappa shape index (κ2) is 9.65. The molecule has 0 saturated carbocycles. The summed E-state index contributed by atoms with van der Waals surface area (Å²) >= 11 is 0. The number of nitrogens with zero attached hydrogens (tertiary/aromatic N) is 6. The van der Waals surface area contributed by atoms with Crippen molar-refractivity contribution in [2.24, 2.45) is 15.7 Å². The molecule has 0 aliphatic carbocycles. The molecule has 0 amide bonds. The van der Waals surface area contributed by atoms with Crippen LogP contribution in [0, 0.1) is 0 Å². The maximum atomic E-state index is 6.04. The van der Waals surface area contributed by atoms with E-state index in [9.17, 15) is 0 Å². The zero-order valence-corrected chi connectivity index (χ0v) is 20.6. The lowest BCUT2D eigenvalue weighted by Crippen LogP contribution is -2.53. The number of hydrogen-bond donors (Lipinski definition) is 1. The summed E-state index contributed by atoms with van der Waals surface area (Å²) in [4.78, 5) is 18.9. The molecule has 0 spiro atoms. The lowest BCUT2D eigenvalue weighted by Gasteiger charge is -2.42. The number of fused-ring (bicyclic) bond motifs is 3. The van der Waals surface area contributed by atoms with Crippen molar-refractivity contribution in [1.82, 2.24) is 19.4 Å². The average Bonchev–Trinajstić information content (AvgIpc) is 3.10. The zero-order valence-electron chi connectivity index (χ0n) is 20.6. The molecule has 4 rings (SSSR count). The van der Waals surface area contributed by atoms with Crippen molar-refractivity contribution in [1.29, 1.82) is 0 Å². The van der Waals surface area contributed by atoms with Gasteiger partial charge in [0.25, 0.3) is 0 Å². The van der Waals surface area contributed by atoms with Crippen LogP contribution in [0.5, 0.6) is 5.75 Å². The SMILES string of the molecule is CC(C)N=C(N=CN)c1cn2c(n1)-c1cc(CN3CCN(C(C)(C)C)CC3)ccc1OCC2. The lowest BCUT2D eigenvalue weighted by molar-refractivity contribution is 0.0591. The molecule has 1 aromatic carbocycles. The van der Waals surface area contributed by atoms with Crippen molar-refractivity contribution in [3.63, 3.8) is 0 Å². The Morgan fingerprint density at radius 2 is 1.94 bits per heavy atom. The molecule has 0 radical (unpaired) electrons. The average molecular weight is 452 g/mol. The fourth-order valence-corrected chi connectivity index (χ4v) is 4.45. The molecule has 2 aliphatic heterocycles. The fraction of sp³-hybridized carbons (Fsp3) is 0.560. The first-order valence-corrected chi connectivity index (χ1v) is 11.9. The van der Waals surface area contributed by atoms with Gasteiger partial charge in [0.2, 0.25) is 0 Å². The van der Waals surface area contributed by atoms with E-state index in [1.165, 1.54) is 11.9 Å². The van der Waals surface area contributed by atoms with E-state index in [2.05, 4.69) is 63.3 Å². The fourth-order valence-electron chi connectivity index (χ4n) is 4.45. The Labute approximate surface area is 197 Å². The molecule has 2 aromatic rings. The van der Waals surface area contributed by atoms with Crippen LogP contribution in [-0.4, -0.2) is 75.9 Å². The highest BCUT2D eigenvalue weighted by Crippen LogP contribution is 2.33. The smallest absolute Gasteiger partial charge is 0.176 e. The zero-order chi connectivity index (χ0) is 23.6. The number of aliphatic imine (C=N–C) groups is 2. The summed E-state index contributed by atoms with van der Waals surface area (Å²) in [7, 11) is 0. The van der Waals surface area contributed by atoms with Crippen LogP contribution < -0.4 is 10.5 Å². The summed E-state index contributed by atoms with van der Waals surface area (Å²) in [5, 5.41) is 0. The molecule has 0 bridgehead atoms. The minimum atomic E-state index is 0.103. The molecule has 8 nitrogen and oxygen atoms in total. The van der Waals surface area contributed by atoms with Crippen LogP contribution in [-0.2, 0) is 13.1 Å². The van der Waals surface area contributed by atoms with Crippen molar-refractivity contribution in [3.8, 4) is 17.1 Å². The molecule has 1 saturated heterocycles. The van der Waals surface area contributed by atoms with Crippen molar-refractivity contribution in [2.45, 2.75) is 59.3 Å². The van der Waals surface area contributed by atoms with E-state index >= 15 is 0 Å². The minimum Gasteiger partial charge on any atom is -0.491 e. The third-order valence-electron chi connectivity index (χ3n) is 6.18. The topological polar surface area (TPSA) is 84.3 Å². The van der Waals surface area contributed by atoms with Crippen molar-refractivity contribution in [3.05, 3.63) is 35.7 Å². The van der Waals surface area contributed by atoms with E-state index in [4.69, 9.17) is 15.5 Å². The van der Waals surface area contributed by atoms with Gasteiger partial charge in [0, 0.05) is 50.5 Å². The van der Waals surface area contributed by atoms with E-state index < -0.39 is 0 Å². The summed E-state index contributed by atoms with van der Waals surface area (Å²) in [5.74, 6) is 2.32. The summed E-state index contributed by atoms with van der Waals surface area (Å²) < 4.78 is 8.17. The number of benzene rings is 1. The maximum Gasteiger partial charge on any atom is 0.176 e. The number of aromatic nitrogens is 2. The quantitative estimate of drug-likeness (QED) is 0.571. The molecular weight excluding hydrogens is 414 g/mol. The van der Waals surface area contributed by atoms with Crippen LogP contribution >= 0.6 is 0 Å². The normalized spacial score (nSPS) is 18.3. The van der Waals surface area contributed by atoms with Gasteiger partial charge < -0.3 is 15.0 Å². The molecule has 3 heterocycles. The predicted octanol–water partition coefficient (Wildman–Crippen LogP) is 3.00. The van der Waals surface area contributed by atoms with Gasteiger partial charge in [0.05, 0.1) is 18.4 Å². The molecule has 0 unspecified atom stereocenters. The first kappa shape index (κ1) is 23.4. The summed E-state index contributed by atoms with van der Waals surface area (Å²) in [6.07, 6.45) is 3.28. The molecule has 2 N–H and O–H groups in total. The second-order valence-corrected chi connectivity index (χ2v) is 10.1. The minimum absolute atomic E-state index is 0.103. The van der Waals surface area contributed by atoms with Crippen LogP contribution in [0.1, 0.15) is 45.9 Å². The molecular formula is C25H37N7O. The van der Waals surface area contributed by atoms with Crippen LogP contribution in [0.25, 0.3) is 11.4 Å². The van der Waals surface area contributed by atoms with Gasteiger partial charge in [0.1, 0.15) is 23.9 Å². The molecule has 0 atom stereocenters. The Hall–Kier alpha value is -2.71. The van der Waals surface area contributed by atoms with Gasteiger partial charge in [0.15, 0.2) is 5.84 Å². The van der Waals surface area contributed by atoms with Gasteiger partial charge in [-0.25, -0.2) is 9.98 Å². The molecule has 1 fully saturated rings. The number of piperazine rings is 1. The van der Waals surface area contributed by atoms with Crippen molar-refractivity contribution < 1.29 is 4.74 Å². The second-order valence-electron chi connectivity index (χ2n) is 10.1. The number of ether oxygens (including phenoxy) is 1. The van der Waals surface area contributed by atoms with Crippen LogP contribution in [0.4, 0.5) is 0 Å². The largest absolute Gasteiger partial charge is 0.491 e. The molecule has 1 aromatic heterocycles. The monoisotopic (exact) mass is 451 g/mol. The van der Waals surface area contributed by atoms with Gasteiger partial charge >= 0.3 is 0 Å². The van der Waals surface area contributed by atoms with Gasteiger partial charge in [-0.15, -0.1) is 0 Å². The molecule has 33 heavy (non-hydrogen) atoms. The summed E-state index contributed by atoms with van der Waals surface area (Å²) in [6, 6.07) is 6.59. The molecule has 178 valence electrons. The number of imidazole rings is 1. The first-order chi connectivity index (χ1) is 15.7. The highest BCUT2D eigenvalue weighted by atomic mass is 16.5. The Kier molecular flexibility index (Phi) is 6.86. The Morgan fingerprint density at radius 3 is 2.61 bits per heavy atom. The third kappa shape index (κ3) is 5.45. The van der Waals surface area contributed by atoms with Crippen molar-refractivity contribution >= 4 is 12.2 Å². The molecule has 8 heteroatoms. The third-order valence-corrected chi connectivity index (χ3v) is 6.18. The van der Waals surface area contributed by atoms with E-state index in [1.54, 1.807) is 0 Å². The Balaban J connectivity index is 1.58. The van der Waals surface area contributed by atoms with Crippen LogP contribution in [0.15, 0.2) is 34.4 Å². The number of amidine groups is 1. The first-order valence-electron chi connectivity index (χ1n) is 11.9. The van der Waals surface area contributed by atoms with E-state index in [1.807, 2.05) is 20.0 Å². The standard InChI is InChI=1S/C25H37N7O/c1-18(2)28-23(27-17-26)21-16-31-12-13-33-22-7-6-19(14-20(22)24(31)29-21)15-30-8-10-32(11-9-30)25(3,4)5/h6-7,14,16-18H,8-13,15H2,1-5H3,(H2,26,27,28). The maximum absolute atomic E-state index is 6.04. The van der Waals surface area contributed by atoms with Gasteiger partial charge in [-0.2, -0.15) is 0 Å². The number of rotatable bonds is 4. The van der Waals surface area contributed by atoms with Crippen LogP contribution in [0.3, 0.4) is 0 Å². The van der Waals surface area contributed by atoms with E-state index in [0.29, 0.717) is 12.4 Å². The van der Waals surface area contributed by atoms with Gasteiger partial charge in [-0.1, -0.05) is 6.07 Å². The highest BCUT2D eigenvalue weighted by molar-refractivity contribution is 6.01. The lowest BCUT2D eigenvalue weighted by atomic mass is 10.0. The van der Waals surface area contributed by atoms with Crippen molar-refractivity contribution in [2.75, 3.05) is 32.8 Å². The Morgan fingerprint density at radius 1 is 1.18 bits per heavy atom. The number of nitrogens with two attached hydrogens (primary N) is 1. The van der Waals surface area contributed by atoms with E-state index in [0.717, 1.165) is 62.1 Å². The van der Waals surface area contributed by atoms with Gasteiger partial charge in [-0.3, -0.25) is 14.8 Å². The van der Waals surface area contributed by atoms with Gasteiger partial charge in [-0.05, 0) is 52.3 Å². The molecule has 2 aliphatic rings. The summed E-state index contributed by atoms with van der Waals surface area (Å²) in [5.41, 5.74) is 8.83. The predicted molar refractivity (Wildman–Crippen MR) is 134 cm³/mol. The summed E-state index contributed by atoms with van der Waals surface area (Å²) in [6.45, 7) is 17.5. The number of hydrogen-bond acceptors (Lipinski definition) is 5. The van der Waals surface area contributed by atoms with E-state index in [-0.39, 0.29) is 11.6 Å². The Bertz CT molecular complexity index is 1020. The highest BCUT2D eigenvalue weighted by Gasteiger charge is 2.26.